The summed E-state index contributed by atoms with van der Waals surface area (Å²) in [4.78, 5) is 40.6. The minimum atomic E-state index is -1.04. The number of halogens is 2. The van der Waals surface area contributed by atoms with E-state index in [1.807, 2.05) is 34.6 Å². The zero-order valence-electron chi connectivity index (χ0n) is 25.5. The largest absolute Gasteiger partial charge is 0.493 e. The average molecular weight is 630 g/mol. The van der Waals surface area contributed by atoms with Crippen LogP contribution in [0.3, 0.4) is 0 Å². The van der Waals surface area contributed by atoms with E-state index in [0.717, 1.165) is 5.56 Å². The van der Waals surface area contributed by atoms with Crippen molar-refractivity contribution >= 4 is 52.4 Å². The third kappa shape index (κ3) is 8.21. The lowest BCUT2D eigenvalue weighted by Crippen LogP contribution is -2.42. The molecule has 0 aliphatic carbocycles. The number of carboxylic acid groups (broad SMARTS) is 1. The minimum absolute atomic E-state index is 0.124. The Hall–Kier alpha value is -3.75. The van der Waals surface area contributed by atoms with Gasteiger partial charge >= 0.3 is 5.97 Å². The Balaban J connectivity index is 1.97. The molecule has 0 aromatic heterocycles. The molecule has 0 heterocycles. The minimum Gasteiger partial charge on any atom is -0.493 e. The van der Waals surface area contributed by atoms with Crippen LogP contribution < -0.4 is 19.7 Å². The van der Waals surface area contributed by atoms with E-state index in [4.69, 9.17) is 32.7 Å². The van der Waals surface area contributed by atoms with E-state index in [0.29, 0.717) is 35.0 Å². The van der Waals surface area contributed by atoms with Gasteiger partial charge in [-0.1, -0.05) is 76.0 Å². The van der Waals surface area contributed by atoms with Crippen LogP contribution in [0.1, 0.15) is 62.0 Å². The molecule has 2 N–H and O–H groups in total. The number of nitrogens with zero attached hydrogens (tertiary/aromatic N) is 1. The number of benzene rings is 3. The fourth-order valence-electron chi connectivity index (χ4n) is 4.64. The Morgan fingerprint density at radius 2 is 1.56 bits per heavy atom. The van der Waals surface area contributed by atoms with Gasteiger partial charge in [0.15, 0.2) is 11.5 Å². The van der Waals surface area contributed by atoms with Crippen LogP contribution >= 0.6 is 23.2 Å². The van der Waals surface area contributed by atoms with Gasteiger partial charge in [-0.3, -0.25) is 14.4 Å². The van der Waals surface area contributed by atoms with Crippen LogP contribution in [0.2, 0.25) is 10.0 Å². The van der Waals surface area contributed by atoms with E-state index in [9.17, 15) is 19.5 Å². The smallest absolute Gasteiger partial charge is 0.311 e. The third-order valence-electron chi connectivity index (χ3n) is 6.75. The lowest BCUT2D eigenvalue weighted by molar-refractivity contribution is -0.138. The molecule has 10 heteroatoms. The molecule has 3 rings (SSSR count). The van der Waals surface area contributed by atoms with Gasteiger partial charge in [0.2, 0.25) is 5.91 Å². The van der Waals surface area contributed by atoms with Crippen LogP contribution in [0, 0.1) is 11.3 Å². The molecule has 0 aliphatic rings. The molecule has 43 heavy (non-hydrogen) atoms. The normalized spacial score (nSPS) is 12.0. The highest BCUT2D eigenvalue weighted by Gasteiger charge is 2.33. The van der Waals surface area contributed by atoms with Gasteiger partial charge in [0.05, 0.1) is 41.4 Å². The Morgan fingerprint density at radius 1 is 0.953 bits per heavy atom. The van der Waals surface area contributed by atoms with Gasteiger partial charge in [0, 0.05) is 17.6 Å². The number of anilines is 2. The van der Waals surface area contributed by atoms with E-state index in [1.165, 1.54) is 14.2 Å². The second-order valence-electron chi connectivity index (χ2n) is 11.7. The van der Waals surface area contributed by atoms with Crippen LogP contribution in [-0.2, 0) is 16.0 Å². The highest BCUT2D eigenvalue weighted by atomic mass is 35.5. The van der Waals surface area contributed by atoms with E-state index < -0.39 is 23.2 Å². The SMILES string of the molecule is COc1cc(C(Cc2ccc(NC(=O)c3c(Cl)cccc3Cl)cc2)C(=O)O)cc(N(CC(C)C)C(=O)C(C)(C)C)c1OC. The quantitative estimate of drug-likeness (QED) is 0.225. The number of amides is 2. The first-order valence-electron chi connectivity index (χ1n) is 13.8. The van der Waals surface area contributed by atoms with E-state index in [1.54, 1.807) is 59.5 Å². The van der Waals surface area contributed by atoms with Crippen LogP contribution in [-0.4, -0.2) is 43.7 Å². The summed E-state index contributed by atoms with van der Waals surface area (Å²) in [6.45, 7) is 9.93. The molecular formula is C33H38Cl2N2O6. The summed E-state index contributed by atoms with van der Waals surface area (Å²) in [6.07, 6.45) is 0.145. The summed E-state index contributed by atoms with van der Waals surface area (Å²) in [5.74, 6) is -1.77. The Bertz CT molecular complexity index is 1460. The van der Waals surface area contributed by atoms with Gasteiger partial charge in [0.25, 0.3) is 5.91 Å². The van der Waals surface area contributed by atoms with Gasteiger partial charge in [-0.05, 0) is 59.9 Å². The Morgan fingerprint density at radius 3 is 2.05 bits per heavy atom. The second kappa shape index (κ2) is 14.1. The van der Waals surface area contributed by atoms with Crippen molar-refractivity contribution in [2.24, 2.45) is 11.3 Å². The molecule has 0 bridgehead atoms. The fourth-order valence-corrected chi connectivity index (χ4v) is 5.21. The number of aliphatic carboxylic acids is 1. The number of rotatable bonds is 11. The summed E-state index contributed by atoms with van der Waals surface area (Å²) in [5.41, 5.74) is 1.61. The van der Waals surface area contributed by atoms with Gasteiger partial charge in [-0.25, -0.2) is 0 Å². The molecule has 230 valence electrons. The van der Waals surface area contributed by atoms with Crippen LogP contribution in [0.15, 0.2) is 54.6 Å². The maximum atomic E-state index is 13.6. The van der Waals surface area contributed by atoms with Gasteiger partial charge in [-0.2, -0.15) is 0 Å². The van der Waals surface area contributed by atoms with Gasteiger partial charge in [-0.15, -0.1) is 0 Å². The lowest BCUT2D eigenvalue weighted by atomic mass is 9.90. The Kier molecular flexibility index (Phi) is 11.1. The van der Waals surface area contributed by atoms with Gasteiger partial charge in [0.1, 0.15) is 0 Å². The number of carbonyl (C=O) groups excluding carboxylic acids is 2. The zero-order chi connectivity index (χ0) is 32.1. The molecular weight excluding hydrogens is 591 g/mol. The molecule has 2 amide bonds. The number of carboxylic acids is 1. The molecule has 0 fully saturated rings. The first-order chi connectivity index (χ1) is 20.2. The number of methoxy groups -OCH3 is 2. The van der Waals surface area contributed by atoms with E-state index in [2.05, 4.69) is 5.32 Å². The molecule has 8 nitrogen and oxygen atoms in total. The number of hydrogen-bond donors (Lipinski definition) is 2. The lowest BCUT2D eigenvalue weighted by Gasteiger charge is -2.33. The highest BCUT2D eigenvalue weighted by molar-refractivity contribution is 6.40. The predicted molar refractivity (Wildman–Crippen MR) is 171 cm³/mol. The molecule has 0 spiro atoms. The van der Waals surface area contributed by atoms with Crippen molar-refractivity contribution in [3.63, 3.8) is 0 Å². The van der Waals surface area contributed by atoms with E-state index >= 15 is 0 Å². The first kappa shape index (κ1) is 33.7. The molecule has 0 aliphatic heterocycles. The van der Waals surface area contributed by atoms with Crippen molar-refractivity contribution in [1.29, 1.82) is 0 Å². The van der Waals surface area contributed by atoms with E-state index in [-0.39, 0.29) is 33.9 Å². The molecule has 0 saturated heterocycles. The summed E-state index contributed by atoms with van der Waals surface area (Å²) >= 11 is 12.3. The molecule has 0 saturated carbocycles. The van der Waals surface area contributed by atoms with Crippen molar-refractivity contribution in [3.8, 4) is 11.5 Å². The topological polar surface area (TPSA) is 105 Å². The number of ether oxygens (including phenoxy) is 2. The monoisotopic (exact) mass is 628 g/mol. The maximum Gasteiger partial charge on any atom is 0.311 e. The number of carbonyl (C=O) groups is 3. The van der Waals surface area contributed by atoms with Gasteiger partial charge < -0.3 is 24.8 Å². The second-order valence-corrected chi connectivity index (χ2v) is 12.5. The van der Waals surface area contributed by atoms with Crippen LogP contribution in [0.5, 0.6) is 11.5 Å². The van der Waals surface area contributed by atoms with Crippen molar-refractivity contribution in [3.05, 3.63) is 81.3 Å². The molecule has 1 atom stereocenters. The number of nitrogens with one attached hydrogen (secondary N) is 1. The molecule has 1 unspecified atom stereocenters. The maximum absolute atomic E-state index is 13.6. The highest BCUT2D eigenvalue weighted by Crippen LogP contribution is 2.43. The van der Waals surface area contributed by atoms with Crippen molar-refractivity contribution in [2.75, 3.05) is 31.0 Å². The van der Waals surface area contributed by atoms with Crippen molar-refractivity contribution in [2.45, 2.75) is 47.0 Å². The number of hydrogen-bond acceptors (Lipinski definition) is 5. The van der Waals surface area contributed by atoms with Crippen LogP contribution in [0.25, 0.3) is 0 Å². The summed E-state index contributed by atoms with van der Waals surface area (Å²) in [6, 6.07) is 15.0. The average Bonchev–Trinajstić information content (AvgIpc) is 2.93. The molecule has 3 aromatic carbocycles. The summed E-state index contributed by atoms with van der Waals surface area (Å²) in [7, 11) is 2.97. The zero-order valence-corrected chi connectivity index (χ0v) is 27.0. The molecule has 0 radical (unpaired) electrons. The Labute approximate surface area is 262 Å². The van der Waals surface area contributed by atoms with Crippen LogP contribution in [0.4, 0.5) is 11.4 Å². The first-order valence-corrected chi connectivity index (χ1v) is 14.6. The van der Waals surface area contributed by atoms with Crippen molar-refractivity contribution in [1.82, 2.24) is 0 Å². The fraction of sp³-hybridized carbons (Fsp3) is 0.364. The molecule has 3 aromatic rings. The van der Waals surface area contributed by atoms with Crippen molar-refractivity contribution < 1.29 is 29.0 Å². The standard InChI is InChI=1S/C33H38Cl2N2O6/c1-19(2)18-37(32(41)33(3,4)5)26-16-21(17-27(42-6)29(26)43-7)23(31(39)40)15-20-11-13-22(14-12-20)36-30(38)28-24(34)9-8-10-25(28)35/h8-14,16-17,19,23H,15,18H2,1-7H3,(H,36,38)(H,39,40). The third-order valence-corrected chi connectivity index (χ3v) is 7.38. The predicted octanol–water partition coefficient (Wildman–Crippen LogP) is 7.71. The summed E-state index contributed by atoms with van der Waals surface area (Å²) < 4.78 is 11.3. The summed E-state index contributed by atoms with van der Waals surface area (Å²) in [5, 5.41) is 13.5.